The fourth-order valence-corrected chi connectivity index (χ4v) is 4.33. The molecule has 1 saturated heterocycles. The van der Waals surface area contributed by atoms with Crippen LogP contribution in [0.3, 0.4) is 0 Å². The van der Waals surface area contributed by atoms with Gasteiger partial charge in [0.25, 0.3) is 5.91 Å². The van der Waals surface area contributed by atoms with Crippen molar-refractivity contribution in [3.8, 4) is 11.3 Å². The SMILES string of the molecule is CC(C)N1CCC(n2cc(C(=O)Nc3cc4cc(-c5cnn(C)c5)ncc4cn3)cn2)CC1. The van der Waals surface area contributed by atoms with Crippen LogP contribution in [0.15, 0.2) is 49.3 Å². The van der Waals surface area contributed by atoms with Crippen molar-refractivity contribution < 1.29 is 4.79 Å². The molecule has 5 heterocycles. The normalized spacial score (nSPS) is 15.4. The van der Waals surface area contributed by atoms with Crippen LogP contribution in [0.5, 0.6) is 0 Å². The van der Waals surface area contributed by atoms with Gasteiger partial charge in [0.15, 0.2) is 0 Å². The van der Waals surface area contributed by atoms with Gasteiger partial charge in [-0.3, -0.25) is 19.1 Å². The zero-order valence-corrected chi connectivity index (χ0v) is 19.1. The highest BCUT2D eigenvalue weighted by Gasteiger charge is 2.23. The largest absolute Gasteiger partial charge is 0.306 e. The number of nitrogens with one attached hydrogen (secondary N) is 1. The van der Waals surface area contributed by atoms with Gasteiger partial charge in [0.2, 0.25) is 0 Å². The van der Waals surface area contributed by atoms with Gasteiger partial charge in [-0.05, 0) is 44.2 Å². The summed E-state index contributed by atoms with van der Waals surface area (Å²) in [7, 11) is 1.87. The number of anilines is 1. The van der Waals surface area contributed by atoms with Crippen molar-refractivity contribution in [3.63, 3.8) is 0 Å². The molecule has 0 saturated carbocycles. The summed E-state index contributed by atoms with van der Waals surface area (Å²) in [6.45, 7) is 6.57. The first kappa shape index (κ1) is 21.3. The number of aromatic nitrogens is 6. The van der Waals surface area contributed by atoms with Crippen LogP contribution in [0.4, 0.5) is 5.82 Å². The molecule has 0 bridgehead atoms. The number of carbonyl (C=O) groups is 1. The molecule has 1 amide bonds. The number of aryl methyl sites for hydroxylation is 1. The first-order valence-electron chi connectivity index (χ1n) is 11.3. The number of carbonyl (C=O) groups excluding carboxylic acids is 1. The molecule has 5 rings (SSSR count). The van der Waals surface area contributed by atoms with Crippen molar-refractivity contribution in [1.82, 2.24) is 34.4 Å². The number of likely N-dealkylation sites (tertiary alicyclic amines) is 1. The lowest BCUT2D eigenvalue weighted by atomic mass is 10.0. The standard InChI is InChI=1S/C24H28N8O/c1-16(2)31-6-4-21(5-7-31)32-15-20(13-28-32)24(33)29-23-9-17-8-22(19-12-27-30(3)14-19)25-10-18(17)11-26-23/h8-16,21H,4-7H2,1-3H3,(H,26,29,33). The third-order valence-electron chi connectivity index (χ3n) is 6.31. The fraction of sp³-hybridized carbons (Fsp3) is 0.375. The molecule has 0 atom stereocenters. The Hall–Kier alpha value is -3.59. The van der Waals surface area contributed by atoms with Crippen LogP contribution in [0, 0.1) is 0 Å². The summed E-state index contributed by atoms with van der Waals surface area (Å²) in [4.78, 5) is 24.2. The molecule has 9 heteroatoms. The second kappa shape index (κ2) is 8.74. The summed E-state index contributed by atoms with van der Waals surface area (Å²) in [5.74, 6) is 0.281. The lowest BCUT2D eigenvalue weighted by Crippen LogP contribution is -2.39. The molecule has 1 N–H and O–H groups in total. The van der Waals surface area contributed by atoms with Crippen molar-refractivity contribution in [2.75, 3.05) is 18.4 Å². The lowest BCUT2D eigenvalue weighted by Gasteiger charge is -2.34. The third kappa shape index (κ3) is 4.49. The van der Waals surface area contributed by atoms with Crippen LogP contribution in [0.1, 0.15) is 43.1 Å². The maximum absolute atomic E-state index is 12.8. The van der Waals surface area contributed by atoms with Gasteiger partial charge in [0.05, 0.1) is 29.7 Å². The van der Waals surface area contributed by atoms with E-state index in [1.807, 2.05) is 36.3 Å². The Morgan fingerprint density at radius 2 is 1.79 bits per heavy atom. The molecule has 1 fully saturated rings. The van der Waals surface area contributed by atoms with Crippen LogP contribution in [0.2, 0.25) is 0 Å². The number of hydrogen-bond donors (Lipinski definition) is 1. The zero-order chi connectivity index (χ0) is 22.9. The molecule has 0 aromatic carbocycles. The third-order valence-corrected chi connectivity index (χ3v) is 6.31. The van der Waals surface area contributed by atoms with E-state index in [1.54, 1.807) is 29.5 Å². The van der Waals surface area contributed by atoms with Gasteiger partial charge >= 0.3 is 0 Å². The monoisotopic (exact) mass is 444 g/mol. The van der Waals surface area contributed by atoms with Gasteiger partial charge < -0.3 is 10.2 Å². The molecule has 0 aliphatic carbocycles. The van der Waals surface area contributed by atoms with E-state index in [9.17, 15) is 4.79 Å². The van der Waals surface area contributed by atoms with Crippen LogP contribution >= 0.6 is 0 Å². The summed E-state index contributed by atoms with van der Waals surface area (Å²) in [5.41, 5.74) is 2.30. The highest BCUT2D eigenvalue weighted by molar-refractivity contribution is 6.04. The van der Waals surface area contributed by atoms with Gasteiger partial charge in [0.1, 0.15) is 5.82 Å². The number of nitrogens with zero attached hydrogens (tertiary/aromatic N) is 7. The van der Waals surface area contributed by atoms with Crippen molar-refractivity contribution in [2.24, 2.45) is 7.05 Å². The minimum atomic E-state index is -0.214. The van der Waals surface area contributed by atoms with E-state index < -0.39 is 0 Å². The Morgan fingerprint density at radius 3 is 2.52 bits per heavy atom. The van der Waals surface area contributed by atoms with E-state index >= 15 is 0 Å². The average molecular weight is 445 g/mol. The van der Waals surface area contributed by atoms with E-state index in [0.29, 0.717) is 23.5 Å². The maximum Gasteiger partial charge on any atom is 0.260 e. The first-order valence-corrected chi connectivity index (χ1v) is 11.3. The minimum Gasteiger partial charge on any atom is -0.306 e. The summed E-state index contributed by atoms with van der Waals surface area (Å²) in [6, 6.07) is 4.74. The second-order valence-corrected chi connectivity index (χ2v) is 8.91. The fourth-order valence-electron chi connectivity index (χ4n) is 4.33. The minimum absolute atomic E-state index is 0.214. The number of piperidine rings is 1. The van der Waals surface area contributed by atoms with Gasteiger partial charge in [-0.15, -0.1) is 0 Å². The summed E-state index contributed by atoms with van der Waals surface area (Å²) < 4.78 is 3.68. The van der Waals surface area contributed by atoms with E-state index in [4.69, 9.17) is 0 Å². The van der Waals surface area contributed by atoms with E-state index in [1.165, 1.54) is 0 Å². The molecule has 1 aliphatic rings. The average Bonchev–Trinajstić information content (AvgIpc) is 3.48. The van der Waals surface area contributed by atoms with Crippen molar-refractivity contribution in [1.29, 1.82) is 0 Å². The predicted molar refractivity (Wildman–Crippen MR) is 127 cm³/mol. The zero-order valence-electron chi connectivity index (χ0n) is 19.1. The second-order valence-electron chi connectivity index (χ2n) is 8.91. The topological polar surface area (TPSA) is 93.8 Å². The van der Waals surface area contributed by atoms with Gasteiger partial charge in [0, 0.05) is 61.9 Å². The molecule has 4 aromatic rings. The van der Waals surface area contributed by atoms with Crippen molar-refractivity contribution >= 4 is 22.5 Å². The summed E-state index contributed by atoms with van der Waals surface area (Å²) in [5, 5.41) is 13.4. The van der Waals surface area contributed by atoms with E-state index in [0.717, 1.165) is 48.0 Å². The molecule has 9 nitrogen and oxygen atoms in total. The Bertz CT molecular complexity index is 1280. The Labute approximate surface area is 192 Å². The molecular weight excluding hydrogens is 416 g/mol. The molecule has 0 radical (unpaired) electrons. The summed E-state index contributed by atoms with van der Waals surface area (Å²) in [6.07, 6.45) is 12.8. The lowest BCUT2D eigenvalue weighted by molar-refractivity contribution is 0.102. The summed E-state index contributed by atoms with van der Waals surface area (Å²) >= 11 is 0. The molecule has 33 heavy (non-hydrogen) atoms. The van der Waals surface area contributed by atoms with E-state index in [-0.39, 0.29) is 5.91 Å². The Kier molecular flexibility index (Phi) is 5.63. The van der Waals surface area contributed by atoms with Gasteiger partial charge in [-0.1, -0.05) is 0 Å². The first-order chi connectivity index (χ1) is 16.0. The van der Waals surface area contributed by atoms with Crippen LogP contribution in [-0.2, 0) is 7.05 Å². The van der Waals surface area contributed by atoms with Crippen LogP contribution in [0.25, 0.3) is 22.0 Å². The Balaban J connectivity index is 1.29. The van der Waals surface area contributed by atoms with Crippen LogP contribution in [-0.4, -0.2) is 59.5 Å². The Morgan fingerprint density at radius 1 is 1.00 bits per heavy atom. The molecular formula is C24H28N8O. The maximum atomic E-state index is 12.8. The quantitative estimate of drug-likeness (QED) is 0.506. The van der Waals surface area contributed by atoms with Crippen molar-refractivity contribution in [2.45, 2.75) is 38.8 Å². The number of amides is 1. The highest BCUT2D eigenvalue weighted by Crippen LogP contribution is 2.25. The van der Waals surface area contributed by atoms with Gasteiger partial charge in [-0.2, -0.15) is 10.2 Å². The number of rotatable bonds is 5. The number of hydrogen-bond acceptors (Lipinski definition) is 6. The number of fused-ring (bicyclic) bond motifs is 1. The molecule has 0 spiro atoms. The van der Waals surface area contributed by atoms with Gasteiger partial charge in [-0.25, -0.2) is 4.98 Å². The molecule has 4 aromatic heterocycles. The smallest absolute Gasteiger partial charge is 0.260 e. The van der Waals surface area contributed by atoms with Crippen LogP contribution < -0.4 is 5.32 Å². The highest BCUT2D eigenvalue weighted by atomic mass is 16.1. The molecule has 0 unspecified atom stereocenters. The molecule has 1 aliphatic heterocycles. The predicted octanol–water partition coefficient (Wildman–Crippen LogP) is 3.52. The molecule has 170 valence electrons. The number of pyridine rings is 2. The van der Waals surface area contributed by atoms with Crippen molar-refractivity contribution in [3.05, 3.63) is 54.9 Å². The van der Waals surface area contributed by atoms with E-state index in [2.05, 4.69) is 44.2 Å².